The first-order valence-corrected chi connectivity index (χ1v) is 14.1. The zero-order chi connectivity index (χ0) is 28.7. The van der Waals surface area contributed by atoms with Gasteiger partial charge >= 0.3 is 0 Å². The Bertz CT molecular complexity index is 2660. The number of nitrogens with zero attached hydrogens (tertiary/aromatic N) is 4. The lowest BCUT2D eigenvalue weighted by atomic mass is 10.1. The van der Waals surface area contributed by atoms with E-state index in [4.69, 9.17) is 4.42 Å². The van der Waals surface area contributed by atoms with E-state index in [9.17, 15) is 10.5 Å². The van der Waals surface area contributed by atoms with Gasteiger partial charge in [-0.1, -0.05) is 54.6 Å². The molecule has 0 amide bonds. The third-order valence-electron chi connectivity index (χ3n) is 8.52. The first-order valence-electron chi connectivity index (χ1n) is 14.1. The van der Waals surface area contributed by atoms with Crippen LogP contribution in [0.25, 0.3) is 76.9 Å². The number of benzene rings is 6. The number of fused-ring (bicyclic) bond motifs is 11. The fourth-order valence-electron chi connectivity index (χ4n) is 6.80. The summed E-state index contributed by atoms with van der Waals surface area (Å²) in [6.07, 6.45) is 0. The molecule has 0 aliphatic rings. The van der Waals surface area contributed by atoms with E-state index in [1.807, 2.05) is 30.3 Å². The van der Waals surface area contributed by atoms with Crippen LogP contribution in [0.15, 0.2) is 126 Å². The van der Waals surface area contributed by atoms with E-state index in [0.717, 1.165) is 76.9 Å². The van der Waals surface area contributed by atoms with Crippen LogP contribution in [0.1, 0.15) is 11.1 Å². The monoisotopic (exact) mass is 548 g/mol. The molecular formula is C38H20N4O. The molecule has 198 valence electrons. The van der Waals surface area contributed by atoms with Gasteiger partial charge in [-0.25, -0.2) is 0 Å². The third kappa shape index (κ3) is 3.14. The lowest BCUT2D eigenvalue weighted by Gasteiger charge is -2.09. The van der Waals surface area contributed by atoms with E-state index in [-0.39, 0.29) is 0 Å². The second-order valence-corrected chi connectivity index (χ2v) is 10.8. The first kappa shape index (κ1) is 23.4. The molecule has 0 aliphatic carbocycles. The van der Waals surface area contributed by atoms with Gasteiger partial charge in [0.2, 0.25) is 0 Å². The van der Waals surface area contributed by atoms with Gasteiger partial charge in [-0.2, -0.15) is 10.5 Å². The molecule has 0 saturated heterocycles. The molecule has 0 radical (unpaired) electrons. The van der Waals surface area contributed by atoms with E-state index in [1.54, 1.807) is 6.07 Å². The summed E-state index contributed by atoms with van der Waals surface area (Å²) in [5, 5.41) is 25.8. The van der Waals surface area contributed by atoms with Crippen molar-refractivity contribution >= 4 is 65.6 Å². The molecule has 0 aliphatic heterocycles. The van der Waals surface area contributed by atoms with Crippen LogP contribution in [0.4, 0.5) is 0 Å². The van der Waals surface area contributed by atoms with Gasteiger partial charge in [0.05, 0.1) is 56.1 Å². The van der Waals surface area contributed by atoms with Crippen LogP contribution in [0.3, 0.4) is 0 Å². The summed E-state index contributed by atoms with van der Waals surface area (Å²) < 4.78 is 11.4. The summed E-state index contributed by atoms with van der Waals surface area (Å²) in [4.78, 5) is 0. The predicted octanol–water partition coefficient (Wildman–Crippen LogP) is 9.52. The van der Waals surface area contributed by atoms with Crippen molar-refractivity contribution in [1.29, 1.82) is 10.5 Å². The summed E-state index contributed by atoms with van der Waals surface area (Å²) in [6, 6.07) is 45.4. The topological polar surface area (TPSA) is 70.6 Å². The Labute approximate surface area is 245 Å². The average molecular weight is 549 g/mol. The fourth-order valence-corrected chi connectivity index (χ4v) is 6.80. The molecule has 5 nitrogen and oxygen atoms in total. The minimum atomic E-state index is 0.446. The minimum Gasteiger partial charge on any atom is -0.455 e. The standard InChI is InChI=1S/C38H20N4O/c39-21-23-18-24(22-40)20-26(19-23)42-32-13-7-5-11-30(32)36-34(42)17-15-28-27-14-16-33-35(37(27)43-38(28)36)29-10-4-6-12-31(29)41(33)25-8-2-1-3-9-25/h1-20H. The molecule has 0 N–H and O–H groups in total. The molecule has 0 spiro atoms. The molecule has 0 bridgehead atoms. The van der Waals surface area contributed by atoms with Gasteiger partial charge in [-0.3, -0.25) is 0 Å². The van der Waals surface area contributed by atoms with E-state index in [0.29, 0.717) is 11.1 Å². The Morgan fingerprint density at radius 2 is 0.930 bits per heavy atom. The maximum Gasteiger partial charge on any atom is 0.145 e. The zero-order valence-corrected chi connectivity index (χ0v) is 22.7. The Morgan fingerprint density at radius 1 is 0.442 bits per heavy atom. The summed E-state index contributed by atoms with van der Waals surface area (Å²) in [7, 11) is 0. The molecule has 3 heterocycles. The third-order valence-corrected chi connectivity index (χ3v) is 8.52. The Balaban J connectivity index is 1.44. The lowest BCUT2D eigenvalue weighted by Crippen LogP contribution is -1.96. The number of rotatable bonds is 2. The summed E-state index contributed by atoms with van der Waals surface area (Å²) in [5.41, 5.74) is 8.61. The number of nitriles is 2. The van der Waals surface area contributed by atoms with Crippen LogP contribution in [-0.4, -0.2) is 9.13 Å². The van der Waals surface area contributed by atoms with Gasteiger partial charge in [0.15, 0.2) is 0 Å². The van der Waals surface area contributed by atoms with Crippen molar-refractivity contribution in [2.75, 3.05) is 0 Å². The maximum atomic E-state index is 9.68. The predicted molar refractivity (Wildman–Crippen MR) is 172 cm³/mol. The SMILES string of the molecule is N#Cc1cc(C#N)cc(-n2c3ccccc3c3c4oc5c(ccc6c5c5ccccc5n6-c5ccccc5)c4ccc32)c1. The largest absolute Gasteiger partial charge is 0.455 e. The fraction of sp³-hybridized carbons (Fsp3) is 0. The normalized spacial score (nSPS) is 11.7. The highest BCUT2D eigenvalue weighted by Crippen LogP contribution is 2.44. The van der Waals surface area contributed by atoms with Crippen LogP contribution in [0, 0.1) is 22.7 Å². The minimum absolute atomic E-state index is 0.446. The van der Waals surface area contributed by atoms with Crippen LogP contribution in [0.2, 0.25) is 0 Å². The van der Waals surface area contributed by atoms with Gasteiger partial charge < -0.3 is 13.6 Å². The quantitative estimate of drug-likeness (QED) is 0.216. The molecule has 5 heteroatoms. The molecule has 0 atom stereocenters. The zero-order valence-electron chi connectivity index (χ0n) is 22.7. The number of hydrogen-bond acceptors (Lipinski definition) is 3. The van der Waals surface area contributed by atoms with Gasteiger partial charge in [0.25, 0.3) is 0 Å². The van der Waals surface area contributed by atoms with Crippen LogP contribution in [-0.2, 0) is 0 Å². The maximum absolute atomic E-state index is 9.68. The van der Waals surface area contributed by atoms with E-state index < -0.39 is 0 Å². The molecule has 9 aromatic rings. The van der Waals surface area contributed by atoms with Crippen LogP contribution in [0.5, 0.6) is 0 Å². The molecule has 3 aromatic heterocycles. The summed E-state index contributed by atoms with van der Waals surface area (Å²) >= 11 is 0. The molecule has 0 saturated carbocycles. The second kappa shape index (κ2) is 8.60. The molecule has 9 rings (SSSR count). The number of aromatic nitrogens is 2. The van der Waals surface area contributed by atoms with Gasteiger partial charge in [0, 0.05) is 32.9 Å². The van der Waals surface area contributed by atoms with Crippen molar-refractivity contribution < 1.29 is 4.42 Å². The van der Waals surface area contributed by atoms with Crippen molar-refractivity contribution in [2.24, 2.45) is 0 Å². The molecule has 0 fully saturated rings. The van der Waals surface area contributed by atoms with Crippen molar-refractivity contribution in [2.45, 2.75) is 0 Å². The van der Waals surface area contributed by atoms with Crippen molar-refractivity contribution in [3.05, 3.63) is 132 Å². The van der Waals surface area contributed by atoms with Gasteiger partial charge in [-0.05, 0) is 66.7 Å². The van der Waals surface area contributed by atoms with E-state index in [1.165, 1.54) is 0 Å². The molecular weight excluding hydrogens is 528 g/mol. The number of hydrogen-bond donors (Lipinski definition) is 0. The average Bonchev–Trinajstić information content (AvgIpc) is 3.72. The smallest absolute Gasteiger partial charge is 0.145 e. The van der Waals surface area contributed by atoms with Crippen LogP contribution < -0.4 is 0 Å². The number of furan rings is 1. The summed E-state index contributed by atoms with van der Waals surface area (Å²) in [5.74, 6) is 0. The summed E-state index contributed by atoms with van der Waals surface area (Å²) in [6.45, 7) is 0. The highest BCUT2D eigenvalue weighted by atomic mass is 16.3. The van der Waals surface area contributed by atoms with Crippen molar-refractivity contribution in [3.8, 4) is 23.5 Å². The Morgan fingerprint density at radius 3 is 1.47 bits per heavy atom. The molecule has 6 aromatic carbocycles. The lowest BCUT2D eigenvalue weighted by molar-refractivity contribution is 0.677. The number of para-hydroxylation sites is 3. The van der Waals surface area contributed by atoms with E-state index in [2.05, 4.69) is 106 Å². The van der Waals surface area contributed by atoms with Gasteiger partial charge in [0.1, 0.15) is 11.2 Å². The highest BCUT2D eigenvalue weighted by molar-refractivity contribution is 6.28. The van der Waals surface area contributed by atoms with Crippen molar-refractivity contribution in [3.63, 3.8) is 0 Å². The van der Waals surface area contributed by atoms with Crippen molar-refractivity contribution in [1.82, 2.24) is 9.13 Å². The molecule has 0 unspecified atom stereocenters. The first-order chi connectivity index (χ1) is 21.2. The Kier molecular flexibility index (Phi) is 4.68. The molecule has 43 heavy (non-hydrogen) atoms. The van der Waals surface area contributed by atoms with Gasteiger partial charge in [-0.15, -0.1) is 0 Å². The second-order valence-electron chi connectivity index (χ2n) is 10.8. The Hall–Kier alpha value is -6.30. The highest BCUT2D eigenvalue weighted by Gasteiger charge is 2.22. The van der Waals surface area contributed by atoms with E-state index >= 15 is 0 Å². The van der Waals surface area contributed by atoms with Crippen LogP contribution >= 0.6 is 0 Å².